The average molecular weight is 301 g/mol. The molecule has 0 aliphatic rings. The smallest absolute Gasteiger partial charge is 0.476 e. The van der Waals surface area contributed by atoms with E-state index in [0.29, 0.717) is 5.56 Å². The van der Waals surface area contributed by atoms with Crippen molar-refractivity contribution in [2.75, 3.05) is 0 Å². The van der Waals surface area contributed by atoms with Gasteiger partial charge in [-0.2, -0.15) is 0 Å². The minimum Gasteiger partial charge on any atom is -0.476 e. The lowest BCUT2D eigenvalue weighted by molar-refractivity contribution is -0.274. The average Bonchev–Trinajstić information content (AvgIpc) is 2.37. The molecule has 0 aliphatic heterocycles. The maximum absolute atomic E-state index is 13.5. The first-order valence-electron chi connectivity index (χ1n) is 5.51. The molecule has 0 atom stereocenters. The van der Waals surface area contributed by atoms with Crippen molar-refractivity contribution in [3.8, 4) is 16.9 Å². The quantitative estimate of drug-likeness (QED) is 0.882. The molecule has 110 valence electrons. The van der Waals surface area contributed by atoms with Gasteiger partial charge >= 0.3 is 12.3 Å². The second-order valence-electron chi connectivity index (χ2n) is 3.93. The largest absolute Gasteiger partial charge is 0.573 e. The summed E-state index contributed by atoms with van der Waals surface area (Å²) in [6, 6.07) is 5.61. The zero-order valence-electron chi connectivity index (χ0n) is 10.2. The molecule has 4 nitrogen and oxygen atoms in total. The number of rotatable bonds is 3. The Labute approximate surface area is 115 Å². The van der Waals surface area contributed by atoms with Gasteiger partial charge in [0.25, 0.3) is 0 Å². The Bertz CT molecular complexity index is 668. The molecule has 0 unspecified atom stereocenters. The zero-order chi connectivity index (χ0) is 15.6. The van der Waals surface area contributed by atoms with Crippen molar-refractivity contribution >= 4 is 5.97 Å². The van der Waals surface area contributed by atoms with E-state index in [1.807, 2.05) is 0 Å². The minimum absolute atomic E-state index is 0.232. The van der Waals surface area contributed by atoms with Crippen molar-refractivity contribution in [2.45, 2.75) is 6.36 Å². The van der Waals surface area contributed by atoms with Gasteiger partial charge in [0, 0.05) is 11.8 Å². The van der Waals surface area contributed by atoms with Gasteiger partial charge in [-0.05, 0) is 23.8 Å². The van der Waals surface area contributed by atoms with Crippen LogP contribution in [-0.2, 0) is 0 Å². The Morgan fingerprint density at radius 1 is 1.14 bits per heavy atom. The molecular weight excluding hydrogens is 294 g/mol. The summed E-state index contributed by atoms with van der Waals surface area (Å²) in [7, 11) is 0. The summed E-state index contributed by atoms with van der Waals surface area (Å²) >= 11 is 0. The number of aromatic carboxylic acids is 1. The zero-order valence-corrected chi connectivity index (χ0v) is 10.2. The number of alkyl halides is 3. The highest BCUT2D eigenvalue weighted by atomic mass is 19.4. The molecule has 0 radical (unpaired) electrons. The van der Waals surface area contributed by atoms with Crippen LogP contribution in [0.2, 0.25) is 0 Å². The third-order valence-corrected chi connectivity index (χ3v) is 2.46. The Hall–Kier alpha value is -2.64. The molecule has 0 bridgehead atoms. The van der Waals surface area contributed by atoms with Crippen molar-refractivity contribution in [2.24, 2.45) is 0 Å². The first kappa shape index (κ1) is 14.8. The summed E-state index contributed by atoms with van der Waals surface area (Å²) in [6.45, 7) is 0. The number of pyridine rings is 1. The van der Waals surface area contributed by atoms with Gasteiger partial charge in [-0.1, -0.05) is 12.1 Å². The van der Waals surface area contributed by atoms with Crippen LogP contribution in [0.1, 0.15) is 10.5 Å². The second-order valence-corrected chi connectivity index (χ2v) is 3.93. The molecule has 0 spiro atoms. The number of hydrogen-bond acceptors (Lipinski definition) is 3. The van der Waals surface area contributed by atoms with E-state index in [9.17, 15) is 22.4 Å². The number of hydrogen-bond donors (Lipinski definition) is 1. The van der Waals surface area contributed by atoms with E-state index < -0.39 is 29.6 Å². The first-order valence-corrected chi connectivity index (χ1v) is 5.51. The molecule has 8 heteroatoms. The predicted octanol–water partition coefficient (Wildman–Crippen LogP) is 3.48. The summed E-state index contributed by atoms with van der Waals surface area (Å²) in [5, 5.41) is 8.65. The van der Waals surface area contributed by atoms with Crippen LogP contribution in [0.25, 0.3) is 11.1 Å². The lowest BCUT2D eigenvalue weighted by Crippen LogP contribution is -2.16. The van der Waals surface area contributed by atoms with Gasteiger partial charge in [-0.25, -0.2) is 14.2 Å². The summed E-state index contributed by atoms with van der Waals surface area (Å²) in [5.41, 5.74) is -0.125. The maximum atomic E-state index is 13.5. The highest BCUT2D eigenvalue weighted by molar-refractivity contribution is 5.86. The van der Waals surface area contributed by atoms with Gasteiger partial charge in [-0.3, -0.25) is 0 Å². The second kappa shape index (κ2) is 5.39. The van der Waals surface area contributed by atoms with Crippen LogP contribution in [0, 0.1) is 5.82 Å². The number of carboxylic acid groups (broad SMARTS) is 1. The van der Waals surface area contributed by atoms with Crippen LogP contribution < -0.4 is 4.74 Å². The summed E-state index contributed by atoms with van der Waals surface area (Å²) in [6.07, 6.45) is -3.68. The SMILES string of the molecule is O=C(O)c1ncc(-c2ccc(OC(F)(F)F)cc2)cc1F. The van der Waals surface area contributed by atoms with E-state index in [0.717, 1.165) is 24.4 Å². The van der Waals surface area contributed by atoms with E-state index in [4.69, 9.17) is 5.11 Å². The summed E-state index contributed by atoms with van der Waals surface area (Å²) in [5.74, 6) is -2.95. The van der Waals surface area contributed by atoms with Crippen LogP contribution in [0.15, 0.2) is 36.5 Å². The number of aromatic nitrogens is 1. The number of benzene rings is 1. The third-order valence-electron chi connectivity index (χ3n) is 2.46. The maximum Gasteiger partial charge on any atom is 0.573 e. The minimum atomic E-state index is -4.79. The summed E-state index contributed by atoms with van der Waals surface area (Å²) < 4.78 is 53.2. The number of carbonyl (C=O) groups is 1. The molecule has 0 aliphatic carbocycles. The molecule has 1 heterocycles. The Kier molecular flexibility index (Phi) is 3.79. The van der Waals surface area contributed by atoms with Gasteiger partial charge in [0.1, 0.15) is 5.75 Å². The van der Waals surface area contributed by atoms with Gasteiger partial charge < -0.3 is 9.84 Å². The lowest BCUT2D eigenvalue weighted by atomic mass is 10.1. The molecule has 1 aromatic heterocycles. The molecule has 0 saturated carbocycles. The topological polar surface area (TPSA) is 59.4 Å². The van der Waals surface area contributed by atoms with E-state index in [1.54, 1.807) is 0 Å². The molecule has 0 amide bonds. The molecule has 1 N–H and O–H groups in total. The molecule has 2 aromatic rings. The van der Waals surface area contributed by atoms with Crippen LogP contribution in [-0.4, -0.2) is 22.4 Å². The van der Waals surface area contributed by atoms with Crippen molar-refractivity contribution in [1.82, 2.24) is 4.98 Å². The summed E-state index contributed by atoms with van der Waals surface area (Å²) in [4.78, 5) is 14.1. The van der Waals surface area contributed by atoms with Crippen LogP contribution in [0.3, 0.4) is 0 Å². The van der Waals surface area contributed by atoms with Gasteiger partial charge in [0.2, 0.25) is 0 Å². The number of nitrogens with zero attached hydrogens (tertiary/aromatic N) is 1. The Morgan fingerprint density at radius 3 is 2.24 bits per heavy atom. The lowest BCUT2D eigenvalue weighted by Gasteiger charge is -2.09. The number of carboxylic acids is 1. The fourth-order valence-electron chi connectivity index (χ4n) is 1.60. The van der Waals surface area contributed by atoms with Crippen LogP contribution in [0.5, 0.6) is 5.75 Å². The van der Waals surface area contributed by atoms with E-state index >= 15 is 0 Å². The molecule has 0 fully saturated rings. The molecular formula is C13H7F4NO3. The van der Waals surface area contributed by atoms with Crippen molar-refractivity contribution in [3.05, 3.63) is 48.0 Å². The Balaban J connectivity index is 2.27. The number of halogens is 4. The van der Waals surface area contributed by atoms with Crippen molar-refractivity contribution in [1.29, 1.82) is 0 Å². The Morgan fingerprint density at radius 2 is 1.76 bits per heavy atom. The van der Waals surface area contributed by atoms with Gasteiger partial charge in [0.15, 0.2) is 11.5 Å². The van der Waals surface area contributed by atoms with E-state index in [2.05, 4.69) is 9.72 Å². The fourth-order valence-corrected chi connectivity index (χ4v) is 1.60. The monoisotopic (exact) mass is 301 g/mol. The molecule has 0 saturated heterocycles. The normalized spacial score (nSPS) is 11.2. The highest BCUT2D eigenvalue weighted by Crippen LogP contribution is 2.26. The van der Waals surface area contributed by atoms with Crippen LogP contribution >= 0.6 is 0 Å². The number of ether oxygens (including phenoxy) is 1. The van der Waals surface area contributed by atoms with Crippen molar-refractivity contribution in [3.63, 3.8) is 0 Å². The first-order chi connectivity index (χ1) is 9.76. The van der Waals surface area contributed by atoms with Crippen LogP contribution in [0.4, 0.5) is 17.6 Å². The molecule has 2 rings (SSSR count). The van der Waals surface area contributed by atoms with Crippen molar-refractivity contribution < 1.29 is 32.2 Å². The highest BCUT2D eigenvalue weighted by Gasteiger charge is 2.30. The van der Waals surface area contributed by atoms with E-state index in [-0.39, 0.29) is 5.56 Å². The fraction of sp³-hybridized carbons (Fsp3) is 0.0769. The molecule has 21 heavy (non-hydrogen) atoms. The standard InChI is InChI=1S/C13H7F4NO3/c14-10-5-8(6-18-11(10)12(19)20)7-1-3-9(4-2-7)21-13(15,16)17/h1-6H,(H,19,20). The van der Waals surface area contributed by atoms with E-state index in [1.165, 1.54) is 12.1 Å². The van der Waals surface area contributed by atoms with Gasteiger partial charge in [0.05, 0.1) is 0 Å². The third kappa shape index (κ3) is 3.68. The van der Waals surface area contributed by atoms with Gasteiger partial charge in [-0.15, -0.1) is 13.2 Å². The molecule has 1 aromatic carbocycles. The predicted molar refractivity (Wildman–Crippen MR) is 63.3 cm³/mol.